The van der Waals surface area contributed by atoms with Crippen LogP contribution < -0.4 is 5.56 Å². The van der Waals surface area contributed by atoms with Crippen molar-refractivity contribution >= 4 is 23.7 Å². The lowest BCUT2D eigenvalue weighted by Crippen LogP contribution is -2.28. The number of rotatable bonds is 2. The van der Waals surface area contributed by atoms with Crippen LogP contribution in [0.2, 0.25) is 0 Å². The minimum absolute atomic E-state index is 0.0339. The van der Waals surface area contributed by atoms with Crippen molar-refractivity contribution in [3.05, 3.63) is 28.0 Å². The van der Waals surface area contributed by atoms with Crippen LogP contribution in [-0.4, -0.2) is 32.5 Å². The number of carboxylic acids is 2. The van der Waals surface area contributed by atoms with Crippen LogP contribution in [0, 0.1) is 0 Å². The van der Waals surface area contributed by atoms with E-state index in [-0.39, 0.29) is 16.3 Å². The molecule has 16 heavy (non-hydrogen) atoms. The second kappa shape index (κ2) is 3.67. The molecule has 0 aromatic carbocycles. The Hall–Kier alpha value is -1.76. The number of pyridine rings is 1. The van der Waals surface area contributed by atoms with Gasteiger partial charge in [-0.1, -0.05) is 0 Å². The maximum absolute atomic E-state index is 11.5. The molecule has 0 amide bonds. The number of thioether (sulfide) groups is 1. The van der Waals surface area contributed by atoms with Crippen LogP contribution in [0.15, 0.2) is 22.0 Å². The third-order valence-corrected chi connectivity index (χ3v) is 3.46. The molecule has 0 fully saturated rings. The molecule has 1 aliphatic rings. The first-order valence-electron chi connectivity index (χ1n) is 4.37. The summed E-state index contributed by atoms with van der Waals surface area (Å²) in [6.45, 7) is 0. The van der Waals surface area contributed by atoms with Crippen molar-refractivity contribution < 1.29 is 19.8 Å². The zero-order chi connectivity index (χ0) is 11.9. The van der Waals surface area contributed by atoms with E-state index in [1.807, 2.05) is 0 Å². The van der Waals surface area contributed by atoms with Crippen LogP contribution in [0.5, 0.6) is 0 Å². The first-order valence-corrected chi connectivity index (χ1v) is 5.35. The quantitative estimate of drug-likeness (QED) is 0.771. The van der Waals surface area contributed by atoms with Crippen LogP contribution in [-0.2, 0) is 4.79 Å². The fourth-order valence-electron chi connectivity index (χ4n) is 1.56. The zero-order valence-corrected chi connectivity index (χ0v) is 8.73. The van der Waals surface area contributed by atoms with E-state index in [2.05, 4.69) is 0 Å². The molecule has 0 saturated heterocycles. The molecule has 2 N–H and O–H groups in total. The Morgan fingerprint density at radius 1 is 1.38 bits per heavy atom. The second-order valence-electron chi connectivity index (χ2n) is 3.23. The largest absolute Gasteiger partial charge is 0.480 e. The highest BCUT2D eigenvalue weighted by Crippen LogP contribution is 2.33. The van der Waals surface area contributed by atoms with E-state index in [4.69, 9.17) is 10.2 Å². The van der Waals surface area contributed by atoms with E-state index in [1.165, 1.54) is 6.07 Å². The van der Waals surface area contributed by atoms with E-state index >= 15 is 0 Å². The van der Waals surface area contributed by atoms with Gasteiger partial charge in [0, 0.05) is 11.8 Å². The van der Waals surface area contributed by atoms with Gasteiger partial charge in [0.15, 0.2) is 0 Å². The predicted octanol–water partition coefficient (Wildman–Crippen LogP) is 0.278. The fraction of sp³-hybridized carbons (Fsp3) is 0.222. The average molecular weight is 241 g/mol. The summed E-state index contributed by atoms with van der Waals surface area (Å²) in [6.07, 6.45) is 0. The van der Waals surface area contributed by atoms with Gasteiger partial charge in [0.2, 0.25) is 0 Å². The number of aliphatic carboxylic acids is 1. The summed E-state index contributed by atoms with van der Waals surface area (Å²) < 4.78 is 1.02. The molecule has 1 atom stereocenters. The molecule has 0 bridgehead atoms. The summed E-state index contributed by atoms with van der Waals surface area (Å²) in [7, 11) is 0. The monoisotopic (exact) mass is 241 g/mol. The maximum atomic E-state index is 11.5. The molecule has 7 heteroatoms. The topological polar surface area (TPSA) is 96.6 Å². The Morgan fingerprint density at radius 2 is 2.06 bits per heavy atom. The molecule has 2 heterocycles. The minimum Gasteiger partial charge on any atom is -0.480 e. The molecule has 0 aliphatic carbocycles. The maximum Gasteiger partial charge on any atom is 0.338 e. The van der Waals surface area contributed by atoms with Gasteiger partial charge in [-0.3, -0.25) is 9.36 Å². The van der Waals surface area contributed by atoms with Crippen LogP contribution >= 0.6 is 11.8 Å². The summed E-state index contributed by atoms with van der Waals surface area (Å²) in [5.41, 5.74) is -0.522. The third kappa shape index (κ3) is 1.49. The van der Waals surface area contributed by atoms with Crippen LogP contribution in [0.3, 0.4) is 0 Å². The Balaban J connectivity index is 2.67. The lowest BCUT2D eigenvalue weighted by molar-refractivity contribution is -0.140. The predicted molar refractivity (Wildman–Crippen MR) is 55.1 cm³/mol. The standard InChI is InChI=1S/C9H7NO5S/c11-6-2-1-4(8(12)13)7-10(6)5(3-16-7)9(14)15/h1-2,5H,3H2,(H,12,13)(H,14,15). The van der Waals surface area contributed by atoms with Crippen molar-refractivity contribution in [3.8, 4) is 0 Å². The summed E-state index contributed by atoms with van der Waals surface area (Å²) in [4.78, 5) is 33.2. The summed E-state index contributed by atoms with van der Waals surface area (Å²) in [6, 6.07) is 1.30. The van der Waals surface area contributed by atoms with Gasteiger partial charge in [0.1, 0.15) is 6.04 Å². The SMILES string of the molecule is O=C(O)c1ccc(=O)n2c1SCC2C(=O)O. The summed E-state index contributed by atoms with van der Waals surface area (Å²) in [5, 5.41) is 18.0. The zero-order valence-electron chi connectivity index (χ0n) is 7.91. The van der Waals surface area contributed by atoms with E-state index in [9.17, 15) is 14.4 Å². The summed E-state index contributed by atoms with van der Waals surface area (Å²) in [5.74, 6) is -2.12. The van der Waals surface area contributed by atoms with Crippen molar-refractivity contribution in [2.75, 3.05) is 5.75 Å². The van der Waals surface area contributed by atoms with Crippen molar-refractivity contribution in [3.63, 3.8) is 0 Å². The third-order valence-electron chi connectivity index (χ3n) is 2.28. The van der Waals surface area contributed by atoms with E-state index < -0.39 is 23.5 Å². The highest BCUT2D eigenvalue weighted by Gasteiger charge is 2.32. The van der Waals surface area contributed by atoms with E-state index in [0.29, 0.717) is 0 Å². The van der Waals surface area contributed by atoms with Gasteiger partial charge < -0.3 is 10.2 Å². The molecule has 0 radical (unpaired) electrons. The number of aromatic nitrogens is 1. The molecule has 1 aromatic rings. The van der Waals surface area contributed by atoms with Gasteiger partial charge >= 0.3 is 11.9 Å². The first-order chi connectivity index (χ1) is 7.52. The lowest BCUT2D eigenvalue weighted by Gasteiger charge is -2.09. The van der Waals surface area contributed by atoms with Gasteiger partial charge in [-0.15, -0.1) is 11.8 Å². The molecule has 6 nitrogen and oxygen atoms in total. The van der Waals surface area contributed by atoms with Crippen molar-refractivity contribution in [1.82, 2.24) is 4.57 Å². The highest BCUT2D eigenvalue weighted by molar-refractivity contribution is 7.99. The van der Waals surface area contributed by atoms with Gasteiger partial charge in [-0.2, -0.15) is 0 Å². The smallest absolute Gasteiger partial charge is 0.338 e. The fourth-order valence-corrected chi connectivity index (χ4v) is 2.83. The molecule has 0 spiro atoms. The number of fused-ring (bicyclic) bond motifs is 1. The normalized spacial score (nSPS) is 18.1. The van der Waals surface area contributed by atoms with Crippen LogP contribution in [0.1, 0.15) is 16.4 Å². The molecule has 84 valence electrons. The average Bonchev–Trinajstić information content (AvgIpc) is 2.62. The Labute approximate surface area is 93.5 Å². The van der Waals surface area contributed by atoms with Crippen molar-refractivity contribution in [2.24, 2.45) is 0 Å². The van der Waals surface area contributed by atoms with Crippen molar-refractivity contribution in [2.45, 2.75) is 11.1 Å². The first kappa shape index (κ1) is 10.7. The van der Waals surface area contributed by atoms with Gasteiger partial charge in [0.25, 0.3) is 5.56 Å². The number of aromatic carboxylic acids is 1. The molecule has 1 aliphatic heterocycles. The molecule has 0 saturated carbocycles. The number of hydrogen-bond acceptors (Lipinski definition) is 4. The Kier molecular flexibility index (Phi) is 2.47. The molecule has 1 unspecified atom stereocenters. The second-order valence-corrected chi connectivity index (χ2v) is 4.24. The van der Waals surface area contributed by atoms with Crippen LogP contribution in [0.25, 0.3) is 0 Å². The minimum atomic E-state index is -1.16. The summed E-state index contributed by atoms with van der Waals surface area (Å²) >= 11 is 1.07. The molecule has 1 aromatic heterocycles. The highest BCUT2D eigenvalue weighted by atomic mass is 32.2. The number of nitrogens with zero attached hydrogens (tertiary/aromatic N) is 1. The molecule has 2 rings (SSSR count). The molecular weight excluding hydrogens is 234 g/mol. The van der Waals surface area contributed by atoms with Gasteiger partial charge in [-0.05, 0) is 6.07 Å². The Morgan fingerprint density at radius 3 is 2.62 bits per heavy atom. The lowest BCUT2D eigenvalue weighted by atomic mass is 10.2. The number of carbonyl (C=O) groups is 2. The van der Waals surface area contributed by atoms with Crippen LogP contribution in [0.4, 0.5) is 0 Å². The van der Waals surface area contributed by atoms with Gasteiger partial charge in [0.05, 0.1) is 10.6 Å². The molecular formula is C9H7NO5S. The van der Waals surface area contributed by atoms with Gasteiger partial charge in [-0.25, -0.2) is 9.59 Å². The van der Waals surface area contributed by atoms with E-state index in [1.54, 1.807) is 0 Å². The van der Waals surface area contributed by atoms with Crippen molar-refractivity contribution in [1.29, 1.82) is 0 Å². The number of hydrogen-bond donors (Lipinski definition) is 2. The number of carboxylic acid groups (broad SMARTS) is 2. The van der Waals surface area contributed by atoms with E-state index in [0.717, 1.165) is 22.4 Å². The Bertz CT molecular complexity index is 535.